The van der Waals surface area contributed by atoms with Crippen molar-refractivity contribution in [3.8, 4) is 17.2 Å². The molecule has 0 aliphatic rings. The van der Waals surface area contributed by atoms with E-state index in [1.807, 2.05) is 6.92 Å². The number of aryl methyl sites for hydroxylation is 2. The lowest BCUT2D eigenvalue weighted by atomic mass is 10.2. The molecule has 0 bridgehead atoms. The lowest BCUT2D eigenvalue weighted by Crippen LogP contribution is -2.07. The maximum absolute atomic E-state index is 12.2. The number of halogens is 1. The predicted octanol–water partition coefficient (Wildman–Crippen LogP) is 3.97. The van der Waals surface area contributed by atoms with Gasteiger partial charge in [-0.15, -0.1) is 10.2 Å². The summed E-state index contributed by atoms with van der Waals surface area (Å²) in [6, 6.07) is 6.49. The van der Waals surface area contributed by atoms with Gasteiger partial charge in [-0.1, -0.05) is 11.6 Å². The molecule has 3 rings (SSSR count). The Morgan fingerprint density at radius 3 is 2.68 bits per heavy atom. The number of hydrogen-bond donors (Lipinski definition) is 0. The third kappa shape index (κ3) is 3.66. The van der Waals surface area contributed by atoms with Gasteiger partial charge in [-0.2, -0.15) is 0 Å². The molecule has 0 N–H and O–H groups in total. The van der Waals surface area contributed by atoms with Crippen molar-refractivity contribution in [1.29, 1.82) is 0 Å². The fourth-order valence-corrected chi connectivity index (χ4v) is 2.48. The van der Waals surface area contributed by atoms with Gasteiger partial charge in [0.2, 0.25) is 0 Å². The minimum absolute atomic E-state index is 0.169. The van der Waals surface area contributed by atoms with Crippen LogP contribution in [0.3, 0.4) is 0 Å². The number of carbonyl (C=O) groups excluding carboxylic acids is 1. The van der Waals surface area contributed by atoms with Crippen LogP contribution in [0.1, 0.15) is 27.8 Å². The molecule has 0 atom stereocenters. The normalized spacial score (nSPS) is 10.7. The number of nitrogens with zero attached hydrogens (tertiary/aromatic N) is 2. The Bertz CT molecular complexity index is 916. The lowest BCUT2D eigenvalue weighted by molar-refractivity contribution is 0.0435. The highest BCUT2D eigenvalue weighted by atomic mass is 35.5. The number of ether oxygens (including phenoxy) is 2. The summed E-state index contributed by atoms with van der Waals surface area (Å²) >= 11 is 5.91. The van der Waals surface area contributed by atoms with Crippen LogP contribution in [0.5, 0.6) is 5.75 Å². The fraction of sp³-hybridized carbons (Fsp3) is 0.235. The fourth-order valence-electron chi connectivity index (χ4n) is 2.31. The first-order chi connectivity index (χ1) is 12.0. The van der Waals surface area contributed by atoms with Crippen molar-refractivity contribution in [2.24, 2.45) is 0 Å². The molecule has 0 saturated carbocycles. The van der Waals surface area contributed by atoms with Crippen molar-refractivity contribution >= 4 is 17.6 Å². The second-order valence-corrected chi connectivity index (χ2v) is 5.69. The molecule has 0 saturated heterocycles. The maximum Gasteiger partial charge on any atom is 0.342 e. The Labute approximate surface area is 148 Å². The van der Waals surface area contributed by atoms with Gasteiger partial charge >= 0.3 is 5.97 Å². The van der Waals surface area contributed by atoms with Gasteiger partial charge in [0.25, 0.3) is 11.8 Å². The van der Waals surface area contributed by atoms with Crippen LogP contribution in [-0.2, 0) is 11.3 Å². The first-order valence-corrected chi connectivity index (χ1v) is 7.76. The summed E-state index contributed by atoms with van der Waals surface area (Å²) in [5.41, 5.74) is 0.926. The van der Waals surface area contributed by atoms with Gasteiger partial charge in [0.05, 0.1) is 12.7 Å². The van der Waals surface area contributed by atoms with E-state index in [-0.39, 0.29) is 18.1 Å². The van der Waals surface area contributed by atoms with Gasteiger partial charge in [0.15, 0.2) is 6.61 Å². The van der Waals surface area contributed by atoms with E-state index in [0.717, 1.165) is 5.76 Å². The molecule has 0 unspecified atom stereocenters. The van der Waals surface area contributed by atoms with Crippen LogP contribution in [0, 0.1) is 13.8 Å². The van der Waals surface area contributed by atoms with E-state index in [4.69, 9.17) is 29.9 Å². The van der Waals surface area contributed by atoms with Crippen LogP contribution < -0.4 is 4.74 Å². The summed E-state index contributed by atoms with van der Waals surface area (Å²) in [5.74, 6) is 1.66. The van der Waals surface area contributed by atoms with E-state index in [1.54, 1.807) is 25.1 Å². The molecule has 0 amide bonds. The zero-order valence-corrected chi connectivity index (χ0v) is 14.6. The van der Waals surface area contributed by atoms with Gasteiger partial charge in [-0.25, -0.2) is 4.79 Å². The number of methoxy groups -OCH3 is 1. The lowest BCUT2D eigenvalue weighted by Gasteiger charge is -2.07. The zero-order valence-electron chi connectivity index (χ0n) is 13.8. The molecular formula is C17H15ClN2O5. The second kappa shape index (κ2) is 6.98. The molecule has 0 radical (unpaired) electrons. The first kappa shape index (κ1) is 17.0. The van der Waals surface area contributed by atoms with Gasteiger partial charge in [0, 0.05) is 5.02 Å². The second-order valence-electron chi connectivity index (χ2n) is 5.25. The summed E-state index contributed by atoms with van der Waals surface area (Å²) in [5, 5.41) is 8.22. The maximum atomic E-state index is 12.2. The Hall–Kier alpha value is -2.80. The standard InChI is InChI=1S/C17H15ClN2O5/c1-9-6-12(10(2)24-9)16-20-19-15(25-16)8-23-17(21)13-7-11(18)4-5-14(13)22-3/h4-7H,8H2,1-3H3. The number of benzene rings is 1. The van der Waals surface area contributed by atoms with Crippen LogP contribution in [0.15, 0.2) is 33.1 Å². The Morgan fingerprint density at radius 2 is 2.00 bits per heavy atom. The number of furan rings is 1. The molecule has 25 heavy (non-hydrogen) atoms. The average molecular weight is 363 g/mol. The summed E-state index contributed by atoms with van der Waals surface area (Å²) in [7, 11) is 1.46. The van der Waals surface area contributed by atoms with Crippen molar-refractivity contribution in [2.75, 3.05) is 7.11 Å². The van der Waals surface area contributed by atoms with Crippen LogP contribution >= 0.6 is 11.6 Å². The molecule has 2 aromatic heterocycles. The van der Waals surface area contributed by atoms with Crippen molar-refractivity contribution in [2.45, 2.75) is 20.5 Å². The van der Waals surface area contributed by atoms with Gasteiger partial charge in [0.1, 0.15) is 22.8 Å². The van der Waals surface area contributed by atoms with Crippen molar-refractivity contribution < 1.29 is 23.1 Å². The molecule has 2 heterocycles. The van der Waals surface area contributed by atoms with Crippen LogP contribution in [0.2, 0.25) is 5.02 Å². The monoisotopic (exact) mass is 362 g/mol. The molecule has 0 aliphatic heterocycles. The molecule has 130 valence electrons. The van der Waals surface area contributed by atoms with Crippen LogP contribution in [0.4, 0.5) is 0 Å². The summed E-state index contributed by atoms with van der Waals surface area (Å²) in [4.78, 5) is 12.2. The van der Waals surface area contributed by atoms with E-state index in [0.29, 0.717) is 28.0 Å². The van der Waals surface area contributed by atoms with Crippen molar-refractivity contribution in [3.63, 3.8) is 0 Å². The van der Waals surface area contributed by atoms with Crippen LogP contribution in [-0.4, -0.2) is 23.3 Å². The number of aromatic nitrogens is 2. The van der Waals surface area contributed by atoms with E-state index < -0.39 is 5.97 Å². The molecule has 0 aliphatic carbocycles. The highest BCUT2D eigenvalue weighted by Crippen LogP contribution is 2.26. The largest absolute Gasteiger partial charge is 0.496 e. The third-order valence-corrected chi connectivity index (χ3v) is 3.68. The predicted molar refractivity (Wildman–Crippen MR) is 88.6 cm³/mol. The van der Waals surface area contributed by atoms with Gasteiger partial charge in [-0.05, 0) is 38.1 Å². The molecule has 8 heteroatoms. The molecule has 7 nitrogen and oxygen atoms in total. The molecule has 0 spiro atoms. The van der Waals surface area contributed by atoms with E-state index in [9.17, 15) is 4.79 Å². The molecule has 1 aromatic carbocycles. The zero-order chi connectivity index (χ0) is 18.0. The smallest absolute Gasteiger partial charge is 0.342 e. The number of esters is 1. The third-order valence-electron chi connectivity index (χ3n) is 3.45. The van der Waals surface area contributed by atoms with E-state index in [2.05, 4.69) is 10.2 Å². The molecular weight excluding hydrogens is 348 g/mol. The number of rotatable bonds is 5. The first-order valence-electron chi connectivity index (χ1n) is 7.38. The van der Waals surface area contributed by atoms with Gasteiger partial charge < -0.3 is 18.3 Å². The minimum atomic E-state index is -0.602. The summed E-state index contributed by atoms with van der Waals surface area (Å²) in [6.07, 6.45) is 0. The van der Waals surface area contributed by atoms with Crippen molar-refractivity contribution in [1.82, 2.24) is 10.2 Å². The highest BCUT2D eigenvalue weighted by Gasteiger charge is 2.18. The Morgan fingerprint density at radius 1 is 1.20 bits per heavy atom. The quantitative estimate of drug-likeness (QED) is 0.634. The number of carbonyl (C=O) groups is 1. The topological polar surface area (TPSA) is 87.6 Å². The molecule has 0 fully saturated rings. The van der Waals surface area contributed by atoms with E-state index in [1.165, 1.54) is 13.2 Å². The Kier molecular flexibility index (Phi) is 4.76. The summed E-state index contributed by atoms with van der Waals surface area (Å²) in [6.45, 7) is 3.46. The van der Waals surface area contributed by atoms with Crippen molar-refractivity contribution in [3.05, 3.63) is 52.3 Å². The van der Waals surface area contributed by atoms with Crippen LogP contribution in [0.25, 0.3) is 11.5 Å². The van der Waals surface area contributed by atoms with Gasteiger partial charge in [-0.3, -0.25) is 0 Å². The highest BCUT2D eigenvalue weighted by molar-refractivity contribution is 6.31. The minimum Gasteiger partial charge on any atom is -0.496 e. The van der Waals surface area contributed by atoms with E-state index >= 15 is 0 Å². The average Bonchev–Trinajstić information content (AvgIpc) is 3.18. The summed E-state index contributed by atoms with van der Waals surface area (Å²) < 4.78 is 21.3. The SMILES string of the molecule is COc1ccc(Cl)cc1C(=O)OCc1nnc(-c2cc(C)oc2C)o1. The number of hydrogen-bond acceptors (Lipinski definition) is 7. The Balaban J connectivity index is 1.71. The molecule has 3 aromatic rings.